The van der Waals surface area contributed by atoms with E-state index in [2.05, 4.69) is 0 Å². The molecule has 2 rings (SSSR count). The molecule has 0 unspecified atom stereocenters. The highest BCUT2D eigenvalue weighted by Gasteiger charge is 2.23. The zero-order chi connectivity index (χ0) is 12.3. The molecule has 2 N–H and O–H groups in total. The molecule has 94 valence electrons. The number of hydrogen-bond donors (Lipinski definition) is 1. The first-order valence-corrected chi connectivity index (χ1v) is 6.31. The van der Waals surface area contributed by atoms with Crippen LogP contribution in [0.4, 0.5) is 0 Å². The third-order valence-corrected chi connectivity index (χ3v) is 3.16. The van der Waals surface area contributed by atoms with Crippen molar-refractivity contribution in [3.05, 3.63) is 22.7 Å². The Labute approximate surface area is 107 Å². The summed E-state index contributed by atoms with van der Waals surface area (Å²) < 4.78 is 11.0. The molecule has 1 saturated carbocycles. The van der Waals surface area contributed by atoms with Crippen LogP contribution in [0.2, 0.25) is 5.02 Å². The first kappa shape index (κ1) is 12.5. The van der Waals surface area contributed by atoms with Gasteiger partial charge in [-0.2, -0.15) is 0 Å². The number of halogens is 1. The summed E-state index contributed by atoms with van der Waals surface area (Å²) in [5.74, 6) is 2.04. The summed E-state index contributed by atoms with van der Waals surface area (Å²) in [5.41, 5.74) is 6.61. The van der Waals surface area contributed by atoms with Crippen LogP contribution in [0.25, 0.3) is 0 Å². The Morgan fingerprint density at radius 2 is 2.18 bits per heavy atom. The molecule has 0 aliphatic heterocycles. The molecular formula is C13H18ClNO2. The van der Waals surface area contributed by atoms with Crippen LogP contribution in [-0.4, -0.2) is 20.3 Å². The summed E-state index contributed by atoms with van der Waals surface area (Å²) in [6.45, 7) is 1.33. The van der Waals surface area contributed by atoms with Crippen molar-refractivity contribution >= 4 is 11.6 Å². The second-order valence-corrected chi connectivity index (χ2v) is 4.81. The summed E-state index contributed by atoms with van der Waals surface area (Å²) in [7, 11) is 1.63. The van der Waals surface area contributed by atoms with Crippen molar-refractivity contribution in [3.8, 4) is 11.5 Å². The average Bonchev–Trinajstić information content (AvgIpc) is 3.11. The molecule has 0 bridgehead atoms. The Kier molecular flexibility index (Phi) is 4.13. The lowest BCUT2D eigenvalue weighted by molar-refractivity contribution is 0.280. The zero-order valence-electron chi connectivity index (χ0n) is 10.0. The van der Waals surface area contributed by atoms with Gasteiger partial charge >= 0.3 is 0 Å². The number of hydrogen-bond acceptors (Lipinski definition) is 3. The van der Waals surface area contributed by atoms with Gasteiger partial charge in [0.1, 0.15) is 0 Å². The van der Waals surface area contributed by atoms with Crippen LogP contribution in [0.15, 0.2) is 12.1 Å². The molecule has 0 heterocycles. The van der Waals surface area contributed by atoms with Crippen LogP contribution >= 0.6 is 11.6 Å². The van der Waals surface area contributed by atoms with E-state index in [1.54, 1.807) is 7.11 Å². The topological polar surface area (TPSA) is 44.5 Å². The fraction of sp³-hybridized carbons (Fsp3) is 0.538. The van der Waals surface area contributed by atoms with Crippen LogP contribution in [0.1, 0.15) is 18.4 Å². The highest BCUT2D eigenvalue weighted by molar-refractivity contribution is 6.32. The molecule has 1 aliphatic rings. The van der Waals surface area contributed by atoms with Crippen LogP contribution in [0.3, 0.4) is 0 Å². The van der Waals surface area contributed by atoms with Crippen molar-refractivity contribution in [2.24, 2.45) is 11.7 Å². The predicted octanol–water partition coefficient (Wildman–Crippen LogP) is 2.64. The number of rotatable bonds is 6. The van der Waals surface area contributed by atoms with Crippen LogP contribution < -0.4 is 15.2 Å². The average molecular weight is 256 g/mol. The number of ether oxygens (including phenoxy) is 2. The van der Waals surface area contributed by atoms with Gasteiger partial charge in [-0.1, -0.05) is 11.6 Å². The van der Waals surface area contributed by atoms with Crippen molar-refractivity contribution in [2.75, 3.05) is 20.3 Å². The van der Waals surface area contributed by atoms with E-state index >= 15 is 0 Å². The highest BCUT2D eigenvalue weighted by Crippen LogP contribution is 2.38. The Hall–Kier alpha value is -0.930. The van der Waals surface area contributed by atoms with E-state index in [1.165, 1.54) is 12.8 Å². The predicted molar refractivity (Wildman–Crippen MR) is 69.0 cm³/mol. The molecule has 0 radical (unpaired) electrons. The largest absolute Gasteiger partial charge is 0.493 e. The van der Waals surface area contributed by atoms with E-state index in [9.17, 15) is 0 Å². The van der Waals surface area contributed by atoms with Gasteiger partial charge in [0.25, 0.3) is 0 Å². The maximum absolute atomic E-state index is 6.21. The van der Waals surface area contributed by atoms with Crippen molar-refractivity contribution in [2.45, 2.75) is 19.3 Å². The number of benzene rings is 1. The first-order valence-electron chi connectivity index (χ1n) is 5.94. The van der Waals surface area contributed by atoms with Crippen molar-refractivity contribution in [1.82, 2.24) is 0 Å². The van der Waals surface area contributed by atoms with Gasteiger partial charge in [-0.05, 0) is 49.4 Å². The van der Waals surface area contributed by atoms with Gasteiger partial charge in [0.2, 0.25) is 0 Å². The van der Waals surface area contributed by atoms with E-state index in [4.69, 9.17) is 26.8 Å². The summed E-state index contributed by atoms with van der Waals surface area (Å²) >= 11 is 6.21. The SMILES string of the molecule is COc1cc(CCN)cc(Cl)c1OCC1CC1. The third kappa shape index (κ3) is 3.27. The van der Waals surface area contributed by atoms with Gasteiger partial charge < -0.3 is 15.2 Å². The Bertz CT molecular complexity index is 391. The van der Waals surface area contributed by atoms with Gasteiger partial charge in [0, 0.05) is 0 Å². The Balaban J connectivity index is 2.16. The van der Waals surface area contributed by atoms with Crippen molar-refractivity contribution < 1.29 is 9.47 Å². The third-order valence-electron chi connectivity index (χ3n) is 2.88. The molecular weight excluding hydrogens is 238 g/mol. The molecule has 1 aliphatic carbocycles. The van der Waals surface area contributed by atoms with E-state index in [1.807, 2.05) is 12.1 Å². The van der Waals surface area contributed by atoms with Crippen LogP contribution in [0.5, 0.6) is 11.5 Å². The lowest BCUT2D eigenvalue weighted by Crippen LogP contribution is -2.05. The highest BCUT2D eigenvalue weighted by atomic mass is 35.5. The fourth-order valence-corrected chi connectivity index (χ4v) is 2.00. The van der Waals surface area contributed by atoms with Crippen LogP contribution in [0, 0.1) is 5.92 Å². The molecule has 0 saturated heterocycles. The molecule has 3 nitrogen and oxygen atoms in total. The van der Waals surface area contributed by atoms with Gasteiger partial charge in [-0.25, -0.2) is 0 Å². The smallest absolute Gasteiger partial charge is 0.179 e. The van der Waals surface area contributed by atoms with E-state index < -0.39 is 0 Å². The lowest BCUT2D eigenvalue weighted by atomic mass is 10.1. The van der Waals surface area contributed by atoms with E-state index in [-0.39, 0.29) is 0 Å². The first-order chi connectivity index (χ1) is 8.24. The second-order valence-electron chi connectivity index (χ2n) is 4.40. The Morgan fingerprint density at radius 1 is 1.41 bits per heavy atom. The van der Waals surface area contributed by atoms with E-state index in [0.717, 1.165) is 18.6 Å². The maximum Gasteiger partial charge on any atom is 0.179 e. The standard InChI is InChI=1S/C13H18ClNO2/c1-16-12-7-10(4-5-15)6-11(14)13(12)17-8-9-2-3-9/h6-7,9H,2-5,8,15H2,1H3. The molecule has 1 aromatic rings. The summed E-state index contributed by atoms with van der Waals surface area (Å²) in [6.07, 6.45) is 3.30. The van der Waals surface area contributed by atoms with Crippen LogP contribution in [-0.2, 0) is 6.42 Å². The van der Waals surface area contributed by atoms with Crippen molar-refractivity contribution in [3.63, 3.8) is 0 Å². The van der Waals surface area contributed by atoms with Gasteiger partial charge in [0.05, 0.1) is 18.7 Å². The second kappa shape index (κ2) is 5.61. The lowest BCUT2D eigenvalue weighted by Gasteiger charge is -2.13. The monoisotopic (exact) mass is 255 g/mol. The minimum Gasteiger partial charge on any atom is -0.493 e. The van der Waals surface area contributed by atoms with Gasteiger partial charge in [-0.15, -0.1) is 0 Å². The summed E-state index contributed by atoms with van der Waals surface area (Å²) in [4.78, 5) is 0. The molecule has 4 heteroatoms. The maximum atomic E-state index is 6.21. The van der Waals surface area contributed by atoms with Gasteiger partial charge in [0.15, 0.2) is 11.5 Å². The summed E-state index contributed by atoms with van der Waals surface area (Å²) in [5, 5.41) is 0.605. The molecule has 1 fully saturated rings. The minimum atomic E-state index is 0.599. The number of nitrogens with two attached hydrogens (primary N) is 1. The minimum absolute atomic E-state index is 0.599. The van der Waals surface area contributed by atoms with E-state index in [0.29, 0.717) is 29.0 Å². The quantitative estimate of drug-likeness (QED) is 0.850. The molecule has 1 aromatic carbocycles. The normalized spacial score (nSPS) is 14.8. The number of methoxy groups -OCH3 is 1. The molecule has 0 spiro atoms. The summed E-state index contributed by atoms with van der Waals surface area (Å²) in [6, 6.07) is 3.85. The van der Waals surface area contributed by atoms with Gasteiger partial charge in [-0.3, -0.25) is 0 Å². The van der Waals surface area contributed by atoms with Crippen molar-refractivity contribution in [1.29, 1.82) is 0 Å². The Morgan fingerprint density at radius 3 is 2.76 bits per heavy atom. The molecule has 0 atom stereocenters. The molecule has 17 heavy (non-hydrogen) atoms. The zero-order valence-corrected chi connectivity index (χ0v) is 10.8. The molecule has 0 aromatic heterocycles. The molecule has 0 amide bonds. The fourth-order valence-electron chi connectivity index (χ4n) is 1.71.